The summed E-state index contributed by atoms with van der Waals surface area (Å²) in [6.45, 7) is 11.0. The van der Waals surface area contributed by atoms with Gasteiger partial charge in [0.2, 0.25) is 0 Å². The molecule has 0 spiro atoms. The largest absolute Gasteiger partial charge is 0.313 e. The highest BCUT2D eigenvalue weighted by molar-refractivity contribution is 5.00. The summed E-state index contributed by atoms with van der Waals surface area (Å²) in [5, 5.41) is 7.65. The third-order valence-corrected chi connectivity index (χ3v) is 3.03. The molecule has 1 heterocycles. The lowest BCUT2D eigenvalue weighted by Gasteiger charge is -2.21. The Bertz CT molecular complexity index is 306. The quantitative estimate of drug-likeness (QED) is 0.741. The molecule has 0 aromatic carbocycles. The Hall–Kier alpha value is -0.870. The molecule has 1 aromatic heterocycles. The summed E-state index contributed by atoms with van der Waals surface area (Å²) in [6, 6.07) is 2.67. The van der Waals surface area contributed by atoms with Crippen molar-refractivity contribution in [2.24, 2.45) is 7.05 Å². The van der Waals surface area contributed by atoms with E-state index in [9.17, 15) is 0 Å². The molecule has 98 valence electrons. The molecule has 0 atom stereocenters. The van der Waals surface area contributed by atoms with E-state index >= 15 is 0 Å². The van der Waals surface area contributed by atoms with E-state index in [2.05, 4.69) is 42.2 Å². The van der Waals surface area contributed by atoms with E-state index in [0.29, 0.717) is 6.04 Å². The molecule has 1 aromatic rings. The molecule has 0 radical (unpaired) electrons. The predicted octanol–water partition coefficient (Wildman–Crippen LogP) is 1.28. The van der Waals surface area contributed by atoms with Crippen molar-refractivity contribution < 1.29 is 0 Å². The van der Waals surface area contributed by atoms with Crippen LogP contribution in [0.4, 0.5) is 0 Å². The number of rotatable bonds is 8. The van der Waals surface area contributed by atoms with E-state index in [1.807, 2.05) is 17.9 Å². The second-order valence-corrected chi connectivity index (χ2v) is 4.74. The van der Waals surface area contributed by atoms with Crippen molar-refractivity contribution in [3.8, 4) is 0 Å². The van der Waals surface area contributed by atoms with Crippen LogP contribution in [0.3, 0.4) is 0 Å². The van der Waals surface area contributed by atoms with Gasteiger partial charge in [0.25, 0.3) is 0 Å². The molecule has 0 aliphatic carbocycles. The summed E-state index contributed by atoms with van der Waals surface area (Å²) >= 11 is 0. The first kappa shape index (κ1) is 14.2. The third kappa shape index (κ3) is 5.33. The molecule has 0 amide bonds. The summed E-state index contributed by atoms with van der Waals surface area (Å²) in [5.74, 6) is 0. The van der Waals surface area contributed by atoms with Crippen LogP contribution in [0.2, 0.25) is 0 Å². The summed E-state index contributed by atoms with van der Waals surface area (Å²) < 4.78 is 1.96. The van der Waals surface area contributed by atoms with Gasteiger partial charge in [-0.15, -0.1) is 0 Å². The van der Waals surface area contributed by atoms with Crippen LogP contribution in [0.25, 0.3) is 0 Å². The molecular formula is C13H26N4. The zero-order valence-electron chi connectivity index (χ0n) is 11.6. The number of nitrogens with one attached hydrogen (secondary N) is 1. The molecule has 0 unspecified atom stereocenters. The highest BCUT2D eigenvalue weighted by atomic mass is 15.3. The average Bonchev–Trinajstić information content (AvgIpc) is 2.68. The summed E-state index contributed by atoms with van der Waals surface area (Å²) in [4.78, 5) is 2.47. The molecule has 0 bridgehead atoms. The van der Waals surface area contributed by atoms with Crippen molar-refractivity contribution in [2.45, 2.75) is 33.2 Å². The van der Waals surface area contributed by atoms with Crippen molar-refractivity contribution >= 4 is 0 Å². The zero-order chi connectivity index (χ0) is 12.7. The fourth-order valence-electron chi connectivity index (χ4n) is 1.86. The maximum Gasteiger partial charge on any atom is 0.0492 e. The van der Waals surface area contributed by atoms with Crippen LogP contribution in [0.5, 0.6) is 0 Å². The highest BCUT2D eigenvalue weighted by Crippen LogP contribution is 1.99. The van der Waals surface area contributed by atoms with Crippen LogP contribution in [0.15, 0.2) is 12.3 Å². The van der Waals surface area contributed by atoms with Crippen molar-refractivity contribution in [3.05, 3.63) is 18.0 Å². The Balaban J connectivity index is 2.25. The lowest BCUT2D eigenvalue weighted by molar-refractivity contribution is 0.285. The highest BCUT2D eigenvalue weighted by Gasteiger charge is 2.05. The molecule has 1 rings (SSSR count). The van der Waals surface area contributed by atoms with E-state index in [0.717, 1.165) is 32.6 Å². The maximum atomic E-state index is 4.19. The number of likely N-dealkylation sites (N-methyl/N-ethyl adjacent to an activating group) is 1. The number of hydrogen-bond donors (Lipinski definition) is 1. The smallest absolute Gasteiger partial charge is 0.0492 e. The van der Waals surface area contributed by atoms with Gasteiger partial charge < -0.3 is 10.2 Å². The Kier molecular flexibility index (Phi) is 6.22. The lowest BCUT2D eigenvalue weighted by Crippen LogP contribution is -2.36. The average molecular weight is 238 g/mol. The first-order chi connectivity index (χ1) is 8.13. The molecule has 17 heavy (non-hydrogen) atoms. The van der Waals surface area contributed by atoms with Crippen LogP contribution in [0.1, 0.15) is 26.5 Å². The van der Waals surface area contributed by atoms with Crippen LogP contribution >= 0.6 is 0 Å². The second-order valence-electron chi connectivity index (χ2n) is 4.74. The van der Waals surface area contributed by atoms with Gasteiger partial charge in [-0.2, -0.15) is 5.10 Å². The van der Waals surface area contributed by atoms with E-state index in [1.165, 1.54) is 5.69 Å². The van der Waals surface area contributed by atoms with E-state index in [1.54, 1.807) is 0 Å². The Labute approximate surface area is 105 Å². The topological polar surface area (TPSA) is 33.1 Å². The van der Waals surface area contributed by atoms with Gasteiger partial charge in [0, 0.05) is 51.0 Å². The number of nitrogens with zero attached hydrogens (tertiary/aromatic N) is 3. The minimum atomic E-state index is 0.575. The van der Waals surface area contributed by atoms with Crippen molar-refractivity contribution in [1.82, 2.24) is 20.0 Å². The monoisotopic (exact) mass is 238 g/mol. The normalized spacial score (nSPS) is 11.6. The van der Waals surface area contributed by atoms with Gasteiger partial charge in [0.05, 0.1) is 0 Å². The first-order valence-electron chi connectivity index (χ1n) is 6.56. The van der Waals surface area contributed by atoms with Crippen LogP contribution in [0, 0.1) is 0 Å². The third-order valence-electron chi connectivity index (χ3n) is 3.03. The Morgan fingerprint density at radius 1 is 1.41 bits per heavy atom. The molecule has 0 aliphatic rings. The minimum Gasteiger partial charge on any atom is -0.313 e. The number of aromatic nitrogens is 2. The fraction of sp³-hybridized carbons (Fsp3) is 0.769. The summed E-state index contributed by atoms with van der Waals surface area (Å²) in [7, 11) is 2.01. The van der Waals surface area contributed by atoms with Gasteiger partial charge in [-0.3, -0.25) is 4.68 Å². The Morgan fingerprint density at radius 3 is 2.71 bits per heavy atom. The van der Waals surface area contributed by atoms with Gasteiger partial charge in [-0.05, 0) is 12.6 Å². The van der Waals surface area contributed by atoms with Gasteiger partial charge in [-0.1, -0.05) is 20.8 Å². The molecule has 4 heteroatoms. The number of aryl methyl sites for hydroxylation is 1. The predicted molar refractivity (Wildman–Crippen MR) is 72.2 cm³/mol. The van der Waals surface area contributed by atoms with Gasteiger partial charge in [0.1, 0.15) is 0 Å². The minimum absolute atomic E-state index is 0.575. The summed E-state index contributed by atoms with van der Waals surface area (Å²) in [6.07, 6.45) is 2.94. The van der Waals surface area contributed by atoms with Crippen molar-refractivity contribution in [1.29, 1.82) is 0 Å². The van der Waals surface area contributed by atoms with Crippen LogP contribution in [-0.4, -0.2) is 46.9 Å². The second kappa shape index (κ2) is 7.45. The van der Waals surface area contributed by atoms with E-state index in [4.69, 9.17) is 0 Å². The van der Waals surface area contributed by atoms with Crippen LogP contribution in [-0.2, 0) is 13.5 Å². The first-order valence-corrected chi connectivity index (χ1v) is 6.56. The van der Waals surface area contributed by atoms with Gasteiger partial charge in [-0.25, -0.2) is 0 Å². The van der Waals surface area contributed by atoms with E-state index < -0.39 is 0 Å². The Morgan fingerprint density at radius 2 is 2.18 bits per heavy atom. The molecule has 0 saturated carbocycles. The standard InChI is InChI=1S/C13H26N4/c1-5-17(11-9-14-12(2)3)10-7-13-6-8-15-16(13)4/h6,8,12,14H,5,7,9-11H2,1-4H3. The summed E-state index contributed by atoms with van der Waals surface area (Å²) in [5.41, 5.74) is 1.31. The van der Waals surface area contributed by atoms with Crippen molar-refractivity contribution in [2.75, 3.05) is 26.2 Å². The van der Waals surface area contributed by atoms with Crippen LogP contribution < -0.4 is 5.32 Å². The lowest BCUT2D eigenvalue weighted by atomic mass is 10.3. The SMILES string of the molecule is CCN(CCNC(C)C)CCc1ccnn1C. The molecule has 0 fully saturated rings. The number of hydrogen-bond acceptors (Lipinski definition) is 3. The molecular weight excluding hydrogens is 212 g/mol. The van der Waals surface area contributed by atoms with Gasteiger partial charge >= 0.3 is 0 Å². The van der Waals surface area contributed by atoms with E-state index in [-0.39, 0.29) is 0 Å². The van der Waals surface area contributed by atoms with Gasteiger partial charge in [0.15, 0.2) is 0 Å². The van der Waals surface area contributed by atoms with Crippen molar-refractivity contribution in [3.63, 3.8) is 0 Å². The maximum absolute atomic E-state index is 4.19. The molecule has 0 aliphatic heterocycles. The molecule has 0 saturated heterocycles. The zero-order valence-corrected chi connectivity index (χ0v) is 11.6. The molecule has 1 N–H and O–H groups in total. The molecule has 4 nitrogen and oxygen atoms in total. The fourth-order valence-corrected chi connectivity index (χ4v) is 1.86.